The quantitative estimate of drug-likeness (QED) is 0.563. The number of benzene rings is 1. The van der Waals surface area contributed by atoms with Crippen LogP contribution in [-0.4, -0.2) is 56.7 Å². The lowest BCUT2D eigenvalue weighted by Crippen LogP contribution is -2.49. The number of nitrogens with zero attached hydrogens (tertiary/aromatic N) is 5. The first-order valence-corrected chi connectivity index (χ1v) is 10.9. The van der Waals surface area contributed by atoms with E-state index in [0.29, 0.717) is 49.1 Å². The number of hydrogen-bond donors (Lipinski definition) is 1. The molecule has 3 aromatic rings. The van der Waals surface area contributed by atoms with E-state index in [2.05, 4.69) is 15.2 Å². The van der Waals surface area contributed by atoms with Crippen LogP contribution >= 0.6 is 12.2 Å². The number of rotatable bonds is 5. The molecular weight excluding hydrogens is 453 g/mol. The Bertz CT molecular complexity index is 1160. The molecule has 0 spiro atoms. The van der Waals surface area contributed by atoms with Crippen LogP contribution in [0, 0.1) is 11.7 Å². The molecule has 33 heavy (non-hydrogen) atoms. The fraction of sp³-hybridized carbons (Fsp3) is 0.364. The van der Waals surface area contributed by atoms with Crippen molar-refractivity contribution in [1.82, 2.24) is 24.6 Å². The maximum absolute atomic E-state index is 12.8. The number of anilines is 1. The summed E-state index contributed by atoms with van der Waals surface area (Å²) in [6.45, 7) is 4.37. The maximum Gasteiger partial charge on any atom is 0.417 e. The van der Waals surface area contributed by atoms with E-state index < -0.39 is 11.7 Å². The first-order valence-electron chi connectivity index (χ1n) is 10.5. The second-order valence-electron chi connectivity index (χ2n) is 7.89. The van der Waals surface area contributed by atoms with E-state index in [1.165, 1.54) is 6.07 Å². The number of aryl methyl sites for hydroxylation is 1. The van der Waals surface area contributed by atoms with E-state index in [9.17, 15) is 18.0 Å². The third kappa shape index (κ3) is 5.24. The third-order valence-corrected chi connectivity index (χ3v) is 5.96. The zero-order valence-electron chi connectivity index (χ0n) is 18.0. The molecule has 1 amide bonds. The van der Waals surface area contributed by atoms with Crippen molar-refractivity contribution < 1.29 is 18.0 Å². The summed E-state index contributed by atoms with van der Waals surface area (Å²) in [5.41, 5.74) is 1.28. The lowest BCUT2D eigenvalue weighted by Gasteiger charge is -2.35. The SMILES string of the molecule is Cc1ccc(-c2n[nH]c(=S)n2CCC(=O)N2CCN(c3ccc(C(F)(F)F)cn3)CC2)cc1. The molecule has 0 atom stereocenters. The summed E-state index contributed by atoms with van der Waals surface area (Å²) < 4.78 is 40.5. The molecule has 1 aliphatic heterocycles. The van der Waals surface area contributed by atoms with E-state index in [1.807, 2.05) is 40.7 Å². The van der Waals surface area contributed by atoms with E-state index in [0.717, 1.165) is 23.4 Å². The van der Waals surface area contributed by atoms with Crippen LogP contribution in [0.2, 0.25) is 0 Å². The van der Waals surface area contributed by atoms with Crippen molar-refractivity contribution in [1.29, 1.82) is 0 Å². The summed E-state index contributed by atoms with van der Waals surface area (Å²) in [6.07, 6.45) is -3.30. The van der Waals surface area contributed by atoms with Crippen molar-refractivity contribution in [3.05, 3.63) is 58.5 Å². The number of aromatic nitrogens is 4. The molecule has 1 fully saturated rings. The van der Waals surface area contributed by atoms with Gasteiger partial charge in [0, 0.05) is 50.9 Å². The van der Waals surface area contributed by atoms with Gasteiger partial charge in [-0.3, -0.25) is 14.5 Å². The molecule has 1 aromatic carbocycles. The lowest BCUT2D eigenvalue weighted by molar-refractivity contribution is -0.138. The van der Waals surface area contributed by atoms with Gasteiger partial charge in [0.15, 0.2) is 10.6 Å². The second-order valence-corrected chi connectivity index (χ2v) is 8.28. The predicted molar refractivity (Wildman–Crippen MR) is 120 cm³/mol. The second kappa shape index (κ2) is 9.34. The Labute approximate surface area is 193 Å². The topological polar surface area (TPSA) is 70.1 Å². The van der Waals surface area contributed by atoms with Crippen LogP contribution in [0.15, 0.2) is 42.6 Å². The zero-order chi connectivity index (χ0) is 23.6. The average Bonchev–Trinajstić information content (AvgIpc) is 3.18. The highest BCUT2D eigenvalue weighted by molar-refractivity contribution is 7.71. The van der Waals surface area contributed by atoms with Crippen LogP contribution < -0.4 is 4.90 Å². The van der Waals surface area contributed by atoms with Crippen molar-refractivity contribution in [3.8, 4) is 11.4 Å². The van der Waals surface area contributed by atoms with Gasteiger partial charge >= 0.3 is 6.18 Å². The van der Waals surface area contributed by atoms with Crippen molar-refractivity contribution >= 4 is 23.9 Å². The molecule has 1 N–H and O–H groups in total. The van der Waals surface area contributed by atoms with Gasteiger partial charge in [0.2, 0.25) is 5.91 Å². The van der Waals surface area contributed by atoms with E-state index in [4.69, 9.17) is 12.2 Å². The molecule has 4 rings (SSSR count). The third-order valence-electron chi connectivity index (χ3n) is 5.65. The van der Waals surface area contributed by atoms with Gasteiger partial charge in [0.25, 0.3) is 0 Å². The molecule has 0 radical (unpaired) electrons. The minimum atomic E-state index is -4.41. The van der Waals surface area contributed by atoms with E-state index in [1.54, 1.807) is 4.90 Å². The van der Waals surface area contributed by atoms with Crippen molar-refractivity contribution in [3.63, 3.8) is 0 Å². The number of carbonyl (C=O) groups is 1. The molecule has 1 aliphatic rings. The molecule has 174 valence electrons. The molecular formula is C22H23F3N6OS. The molecule has 2 aromatic heterocycles. The average molecular weight is 477 g/mol. The van der Waals surface area contributed by atoms with Gasteiger partial charge < -0.3 is 9.80 Å². The summed E-state index contributed by atoms with van der Waals surface area (Å²) in [5, 5.41) is 7.11. The van der Waals surface area contributed by atoms with Crippen molar-refractivity contribution in [2.45, 2.75) is 26.1 Å². The molecule has 1 saturated heterocycles. The van der Waals surface area contributed by atoms with Crippen LogP contribution in [0.1, 0.15) is 17.5 Å². The Morgan fingerprint density at radius 1 is 1.09 bits per heavy atom. The number of halogens is 3. The van der Waals surface area contributed by atoms with Gasteiger partial charge in [-0.2, -0.15) is 18.3 Å². The normalized spacial score (nSPS) is 14.5. The highest BCUT2D eigenvalue weighted by atomic mass is 32.1. The van der Waals surface area contributed by atoms with Crippen LogP contribution in [0.4, 0.5) is 19.0 Å². The number of alkyl halides is 3. The Morgan fingerprint density at radius 2 is 1.79 bits per heavy atom. The minimum Gasteiger partial charge on any atom is -0.353 e. The first-order chi connectivity index (χ1) is 15.7. The summed E-state index contributed by atoms with van der Waals surface area (Å²) in [4.78, 5) is 20.4. The van der Waals surface area contributed by atoms with Gasteiger partial charge in [-0.05, 0) is 31.3 Å². The number of pyridine rings is 1. The van der Waals surface area contributed by atoms with Gasteiger partial charge in [0.05, 0.1) is 5.56 Å². The molecule has 3 heterocycles. The first kappa shape index (κ1) is 23.0. The van der Waals surface area contributed by atoms with Gasteiger partial charge in [0.1, 0.15) is 5.82 Å². The highest BCUT2D eigenvalue weighted by Crippen LogP contribution is 2.29. The van der Waals surface area contributed by atoms with Gasteiger partial charge in [-0.15, -0.1) is 0 Å². The minimum absolute atomic E-state index is 0.00650. The molecule has 0 bridgehead atoms. The van der Waals surface area contributed by atoms with Gasteiger partial charge in [-0.1, -0.05) is 29.8 Å². The van der Waals surface area contributed by atoms with Crippen LogP contribution in [0.25, 0.3) is 11.4 Å². The number of carbonyl (C=O) groups excluding carboxylic acids is 1. The number of H-pyrrole nitrogens is 1. The van der Waals surface area contributed by atoms with Crippen molar-refractivity contribution in [2.75, 3.05) is 31.1 Å². The summed E-state index contributed by atoms with van der Waals surface area (Å²) in [6, 6.07) is 10.3. The predicted octanol–water partition coefficient (Wildman–Crippen LogP) is 4.07. The van der Waals surface area contributed by atoms with Crippen LogP contribution in [0.3, 0.4) is 0 Å². The molecule has 0 saturated carbocycles. The molecule has 11 heteroatoms. The largest absolute Gasteiger partial charge is 0.417 e. The maximum atomic E-state index is 12.8. The van der Waals surface area contributed by atoms with Crippen LogP contribution in [0.5, 0.6) is 0 Å². The summed E-state index contributed by atoms with van der Waals surface area (Å²) in [7, 11) is 0. The number of amides is 1. The molecule has 0 unspecified atom stereocenters. The monoisotopic (exact) mass is 476 g/mol. The Hall–Kier alpha value is -3.21. The number of nitrogens with one attached hydrogen (secondary N) is 1. The van der Waals surface area contributed by atoms with E-state index >= 15 is 0 Å². The molecule has 0 aliphatic carbocycles. The van der Waals surface area contributed by atoms with E-state index in [-0.39, 0.29) is 12.3 Å². The fourth-order valence-electron chi connectivity index (χ4n) is 3.74. The van der Waals surface area contributed by atoms with Crippen LogP contribution in [-0.2, 0) is 17.5 Å². The summed E-state index contributed by atoms with van der Waals surface area (Å²) in [5.74, 6) is 1.15. The number of hydrogen-bond acceptors (Lipinski definition) is 5. The zero-order valence-corrected chi connectivity index (χ0v) is 18.8. The Balaban J connectivity index is 1.34. The highest BCUT2D eigenvalue weighted by Gasteiger charge is 2.31. The number of aromatic amines is 1. The Kier molecular flexibility index (Phi) is 6.50. The standard InChI is InChI=1S/C22H23F3N6OS/c1-15-2-4-16(5-3-15)20-27-28-21(33)31(20)9-8-19(32)30-12-10-29(11-13-30)18-7-6-17(14-26-18)22(23,24)25/h2-7,14H,8-13H2,1H3,(H,28,33). The summed E-state index contributed by atoms with van der Waals surface area (Å²) >= 11 is 5.34. The molecule has 7 nitrogen and oxygen atoms in total. The van der Waals surface area contributed by atoms with Crippen molar-refractivity contribution in [2.24, 2.45) is 0 Å². The fourth-order valence-corrected chi connectivity index (χ4v) is 3.96. The smallest absolute Gasteiger partial charge is 0.353 e. The Morgan fingerprint density at radius 3 is 2.39 bits per heavy atom. The number of piperazine rings is 1. The van der Waals surface area contributed by atoms with Gasteiger partial charge in [-0.25, -0.2) is 4.98 Å². The lowest BCUT2D eigenvalue weighted by atomic mass is 10.1.